The summed E-state index contributed by atoms with van der Waals surface area (Å²) in [6, 6.07) is 12.8. The average molecular weight is 230 g/mol. The fourth-order valence-corrected chi connectivity index (χ4v) is 1.30. The number of phenols is 2. The highest BCUT2D eigenvalue weighted by atomic mass is 16.3. The van der Waals surface area contributed by atoms with Crippen LogP contribution in [0, 0.1) is 20.8 Å². The molecule has 0 saturated carbocycles. The van der Waals surface area contributed by atoms with Crippen LogP contribution in [0.25, 0.3) is 0 Å². The number of aromatic hydroxyl groups is 2. The second kappa shape index (κ2) is 5.94. The summed E-state index contributed by atoms with van der Waals surface area (Å²) < 4.78 is 0. The number of aryl methyl sites for hydroxylation is 2. The number of hydrogen-bond acceptors (Lipinski definition) is 2. The van der Waals surface area contributed by atoms with Gasteiger partial charge < -0.3 is 10.2 Å². The molecule has 17 heavy (non-hydrogen) atoms. The zero-order valence-corrected chi connectivity index (χ0v) is 10.4. The largest absolute Gasteiger partial charge is 0.508 e. The number of hydrogen-bond donors (Lipinski definition) is 2. The Labute approximate surface area is 102 Å². The van der Waals surface area contributed by atoms with Crippen molar-refractivity contribution in [1.82, 2.24) is 0 Å². The fourth-order valence-electron chi connectivity index (χ4n) is 1.30. The molecular formula is C15H18O2. The van der Waals surface area contributed by atoms with E-state index in [2.05, 4.69) is 0 Å². The Morgan fingerprint density at radius 3 is 1.59 bits per heavy atom. The number of benzene rings is 2. The molecule has 0 aliphatic rings. The van der Waals surface area contributed by atoms with Crippen LogP contribution in [-0.2, 0) is 0 Å². The summed E-state index contributed by atoms with van der Waals surface area (Å²) >= 11 is 0. The Hall–Kier alpha value is -1.96. The van der Waals surface area contributed by atoms with Gasteiger partial charge in [-0.25, -0.2) is 0 Å². The first-order valence-electron chi connectivity index (χ1n) is 5.52. The molecule has 0 heterocycles. The molecule has 0 saturated heterocycles. The van der Waals surface area contributed by atoms with Crippen LogP contribution in [0.5, 0.6) is 11.5 Å². The number of rotatable bonds is 0. The van der Waals surface area contributed by atoms with Gasteiger partial charge in [0.25, 0.3) is 0 Å². The van der Waals surface area contributed by atoms with Crippen LogP contribution in [0.2, 0.25) is 0 Å². The van der Waals surface area contributed by atoms with E-state index in [1.54, 1.807) is 12.1 Å². The van der Waals surface area contributed by atoms with Crippen LogP contribution in [0.15, 0.2) is 42.5 Å². The lowest BCUT2D eigenvalue weighted by molar-refractivity contribution is 0.470. The Morgan fingerprint density at radius 1 is 0.647 bits per heavy atom. The lowest BCUT2D eigenvalue weighted by Crippen LogP contribution is -1.78. The molecular weight excluding hydrogens is 212 g/mol. The third kappa shape index (κ3) is 3.83. The minimum absolute atomic E-state index is 0.368. The van der Waals surface area contributed by atoms with E-state index < -0.39 is 0 Å². The third-order valence-corrected chi connectivity index (χ3v) is 2.69. The second-order valence-electron chi connectivity index (χ2n) is 4.01. The average Bonchev–Trinajstić information content (AvgIpc) is 2.31. The molecule has 0 aliphatic heterocycles. The number of para-hydroxylation sites is 1. The van der Waals surface area contributed by atoms with Crippen LogP contribution < -0.4 is 0 Å². The highest BCUT2D eigenvalue weighted by Gasteiger charge is 1.94. The van der Waals surface area contributed by atoms with Gasteiger partial charge in [-0.3, -0.25) is 0 Å². The molecule has 0 spiro atoms. The predicted octanol–water partition coefficient (Wildman–Crippen LogP) is 3.71. The van der Waals surface area contributed by atoms with Gasteiger partial charge in [0.2, 0.25) is 0 Å². The summed E-state index contributed by atoms with van der Waals surface area (Å²) in [7, 11) is 0. The molecule has 0 radical (unpaired) electrons. The number of phenolic OH excluding ortho intramolecular Hbond substituents is 2. The quantitative estimate of drug-likeness (QED) is 0.724. The topological polar surface area (TPSA) is 40.5 Å². The van der Waals surface area contributed by atoms with E-state index in [9.17, 15) is 0 Å². The van der Waals surface area contributed by atoms with Gasteiger partial charge in [-0.05, 0) is 49.6 Å². The molecule has 90 valence electrons. The highest BCUT2D eigenvalue weighted by molar-refractivity contribution is 5.36. The van der Waals surface area contributed by atoms with E-state index >= 15 is 0 Å². The van der Waals surface area contributed by atoms with Crippen molar-refractivity contribution in [3.8, 4) is 11.5 Å². The summed E-state index contributed by atoms with van der Waals surface area (Å²) in [5.74, 6) is 0.752. The van der Waals surface area contributed by atoms with Gasteiger partial charge in [0.05, 0.1) is 0 Å². The van der Waals surface area contributed by atoms with Gasteiger partial charge >= 0.3 is 0 Å². The van der Waals surface area contributed by atoms with Gasteiger partial charge in [0.1, 0.15) is 11.5 Å². The molecule has 0 fully saturated rings. The van der Waals surface area contributed by atoms with E-state index in [1.807, 2.05) is 51.1 Å². The monoisotopic (exact) mass is 230 g/mol. The lowest BCUT2D eigenvalue weighted by Gasteiger charge is -1.99. The van der Waals surface area contributed by atoms with Gasteiger partial charge in [-0.2, -0.15) is 0 Å². The molecule has 0 bridgehead atoms. The minimum atomic E-state index is 0.368. The van der Waals surface area contributed by atoms with E-state index in [-0.39, 0.29) is 0 Å². The van der Waals surface area contributed by atoms with Crippen molar-refractivity contribution in [3.63, 3.8) is 0 Å². The van der Waals surface area contributed by atoms with Crippen molar-refractivity contribution < 1.29 is 10.2 Å². The van der Waals surface area contributed by atoms with E-state index in [0.29, 0.717) is 11.5 Å². The van der Waals surface area contributed by atoms with Crippen molar-refractivity contribution in [2.75, 3.05) is 0 Å². The molecule has 2 nitrogen and oxygen atoms in total. The molecule has 2 aromatic carbocycles. The van der Waals surface area contributed by atoms with Crippen molar-refractivity contribution >= 4 is 0 Å². The summed E-state index contributed by atoms with van der Waals surface area (Å²) in [6.07, 6.45) is 0. The van der Waals surface area contributed by atoms with Crippen LogP contribution in [0.3, 0.4) is 0 Å². The van der Waals surface area contributed by atoms with E-state index in [1.165, 1.54) is 0 Å². The summed E-state index contributed by atoms with van der Waals surface area (Å²) in [6.45, 7) is 5.76. The maximum absolute atomic E-state index is 9.10. The zero-order chi connectivity index (χ0) is 12.8. The molecule has 0 aliphatic carbocycles. The van der Waals surface area contributed by atoms with Gasteiger partial charge in [0, 0.05) is 0 Å². The standard InChI is InChI=1S/C8H10O.C7H8O/c1-6-4-3-5-8(9)7(6)2;1-6-4-2-3-5-7(6)8/h3-5,9H,1-2H3;2-5,8H,1H3. The van der Waals surface area contributed by atoms with Crippen molar-refractivity contribution in [2.45, 2.75) is 20.8 Å². The third-order valence-electron chi connectivity index (χ3n) is 2.69. The zero-order valence-electron chi connectivity index (χ0n) is 10.4. The van der Waals surface area contributed by atoms with Crippen LogP contribution in [0.1, 0.15) is 16.7 Å². The predicted molar refractivity (Wildman–Crippen MR) is 70.4 cm³/mol. The summed E-state index contributed by atoms with van der Waals surface area (Å²) in [4.78, 5) is 0. The first-order chi connectivity index (χ1) is 8.02. The Balaban J connectivity index is 0.000000171. The second-order valence-corrected chi connectivity index (χ2v) is 4.01. The maximum Gasteiger partial charge on any atom is 0.118 e. The van der Waals surface area contributed by atoms with Gasteiger partial charge in [-0.15, -0.1) is 0 Å². The molecule has 0 atom stereocenters. The van der Waals surface area contributed by atoms with Crippen molar-refractivity contribution in [2.24, 2.45) is 0 Å². The smallest absolute Gasteiger partial charge is 0.118 e. The molecule has 2 rings (SSSR count). The van der Waals surface area contributed by atoms with Gasteiger partial charge in [-0.1, -0.05) is 30.3 Å². The van der Waals surface area contributed by atoms with Crippen molar-refractivity contribution in [1.29, 1.82) is 0 Å². The van der Waals surface area contributed by atoms with Crippen molar-refractivity contribution in [3.05, 3.63) is 59.2 Å². The van der Waals surface area contributed by atoms with E-state index in [0.717, 1.165) is 16.7 Å². The Kier molecular flexibility index (Phi) is 4.58. The maximum atomic E-state index is 9.10. The molecule has 2 aromatic rings. The highest BCUT2D eigenvalue weighted by Crippen LogP contribution is 2.17. The van der Waals surface area contributed by atoms with Crippen LogP contribution in [0.4, 0.5) is 0 Å². The molecule has 2 heteroatoms. The summed E-state index contributed by atoms with van der Waals surface area (Å²) in [5, 5.41) is 18.0. The minimum Gasteiger partial charge on any atom is -0.508 e. The summed E-state index contributed by atoms with van der Waals surface area (Å²) in [5.41, 5.74) is 3.03. The van der Waals surface area contributed by atoms with E-state index in [4.69, 9.17) is 10.2 Å². The molecule has 0 unspecified atom stereocenters. The molecule has 2 N–H and O–H groups in total. The normalized spacial score (nSPS) is 9.35. The van der Waals surface area contributed by atoms with Crippen LogP contribution in [-0.4, -0.2) is 10.2 Å². The lowest BCUT2D eigenvalue weighted by atomic mass is 10.1. The Bertz CT molecular complexity index is 449. The molecule has 0 amide bonds. The first kappa shape index (κ1) is 13.1. The van der Waals surface area contributed by atoms with Gasteiger partial charge in [0.15, 0.2) is 0 Å². The molecule has 0 aromatic heterocycles. The van der Waals surface area contributed by atoms with Crippen LogP contribution >= 0.6 is 0 Å². The fraction of sp³-hybridized carbons (Fsp3) is 0.200. The Morgan fingerprint density at radius 2 is 1.18 bits per heavy atom. The SMILES string of the molecule is Cc1cccc(O)c1C.Cc1ccccc1O. The first-order valence-corrected chi connectivity index (χ1v) is 5.52.